The molecule has 1 aliphatic heterocycles. The minimum Gasteiger partial charge on any atom is -0.497 e. The van der Waals surface area contributed by atoms with E-state index in [4.69, 9.17) is 4.74 Å². The van der Waals surface area contributed by atoms with Crippen LogP contribution < -0.4 is 15.4 Å². The summed E-state index contributed by atoms with van der Waals surface area (Å²) in [5.74, 6) is 1.54. The Labute approximate surface area is 126 Å². The number of methoxy groups -OCH3 is 1. The molecule has 1 fully saturated rings. The van der Waals surface area contributed by atoms with Crippen molar-refractivity contribution in [1.29, 1.82) is 0 Å². The summed E-state index contributed by atoms with van der Waals surface area (Å²) >= 11 is 0. The van der Waals surface area contributed by atoms with Crippen LogP contribution in [-0.2, 0) is 11.2 Å². The highest BCUT2D eigenvalue weighted by Gasteiger charge is 2.17. The van der Waals surface area contributed by atoms with E-state index >= 15 is 0 Å². The summed E-state index contributed by atoms with van der Waals surface area (Å²) in [5.41, 5.74) is 1.18. The van der Waals surface area contributed by atoms with Crippen LogP contribution in [0.2, 0.25) is 0 Å². The molecule has 1 saturated heterocycles. The molecule has 0 saturated carbocycles. The Hall–Kier alpha value is -1.26. The third-order valence-electron chi connectivity index (χ3n) is 3.51. The van der Waals surface area contributed by atoms with Crippen LogP contribution in [0.5, 0.6) is 5.75 Å². The van der Waals surface area contributed by atoms with E-state index in [1.165, 1.54) is 5.56 Å². The second-order valence-electron chi connectivity index (χ2n) is 5.01. The van der Waals surface area contributed by atoms with Gasteiger partial charge >= 0.3 is 0 Å². The van der Waals surface area contributed by atoms with Crippen molar-refractivity contribution in [2.24, 2.45) is 5.92 Å². The fraction of sp³-hybridized carbons (Fsp3) is 0.533. The van der Waals surface area contributed by atoms with E-state index in [1.54, 1.807) is 7.11 Å². The van der Waals surface area contributed by atoms with Crippen molar-refractivity contribution in [2.45, 2.75) is 19.3 Å². The first-order valence-corrected chi connectivity index (χ1v) is 6.88. The van der Waals surface area contributed by atoms with Gasteiger partial charge in [0, 0.05) is 13.0 Å². The molecule has 0 bridgehead atoms. The lowest BCUT2D eigenvalue weighted by atomic mass is 10.0. The fourth-order valence-corrected chi connectivity index (χ4v) is 2.40. The standard InChI is InChI=1S/C15H22N2O2.ClH/c1-19-14-4-2-3-12(9-14)6-8-17-15(18)10-13-5-7-16-11-13;/h2-4,9,13,16H,5-8,10-11H2,1H3,(H,17,18);1H. The van der Waals surface area contributed by atoms with Crippen LogP contribution in [0.25, 0.3) is 0 Å². The molecule has 2 N–H and O–H groups in total. The minimum atomic E-state index is 0. The van der Waals surface area contributed by atoms with Gasteiger partial charge in [0.1, 0.15) is 5.75 Å². The second kappa shape index (κ2) is 8.82. The fourth-order valence-electron chi connectivity index (χ4n) is 2.40. The number of carbonyl (C=O) groups is 1. The van der Waals surface area contributed by atoms with Gasteiger partial charge in [0.05, 0.1) is 7.11 Å². The molecule has 5 heteroatoms. The highest BCUT2D eigenvalue weighted by Crippen LogP contribution is 2.13. The van der Waals surface area contributed by atoms with Gasteiger partial charge in [0.25, 0.3) is 0 Å². The van der Waals surface area contributed by atoms with Crippen LogP contribution in [0.4, 0.5) is 0 Å². The maximum atomic E-state index is 11.7. The number of benzene rings is 1. The van der Waals surface area contributed by atoms with Crippen molar-refractivity contribution in [3.63, 3.8) is 0 Å². The lowest BCUT2D eigenvalue weighted by Gasteiger charge is -2.09. The molecular formula is C15H23ClN2O2. The molecular weight excluding hydrogens is 276 g/mol. The van der Waals surface area contributed by atoms with Crippen molar-refractivity contribution < 1.29 is 9.53 Å². The zero-order chi connectivity index (χ0) is 13.5. The van der Waals surface area contributed by atoms with E-state index in [-0.39, 0.29) is 18.3 Å². The first kappa shape index (κ1) is 16.8. The number of amides is 1. The number of nitrogens with one attached hydrogen (secondary N) is 2. The number of carbonyl (C=O) groups excluding carboxylic acids is 1. The van der Waals surface area contributed by atoms with E-state index < -0.39 is 0 Å². The Kier molecular flexibility index (Phi) is 7.41. The highest BCUT2D eigenvalue weighted by atomic mass is 35.5. The summed E-state index contributed by atoms with van der Waals surface area (Å²) in [5, 5.41) is 6.27. The van der Waals surface area contributed by atoms with Gasteiger partial charge in [-0.3, -0.25) is 4.79 Å². The molecule has 0 aromatic heterocycles. The highest BCUT2D eigenvalue weighted by molar-refractivity contribution is 5.85. The number of hydrogen-bond acceptors (Lipinski definition) is 3. The summed E-state index contributed by atoms with van der Waals surface area (Å²) in [6, 6.07) is 7.96. The minimum absolute atomic E-state index is 0. The molecule has 1 atom stereocenters. The summed E-state index contributed by atoms with van der Waals surface area (Å²) in [6.45, 7) is 2.71. The van der Waals surface area contributed by atoms with Gasteiger partial charge in [-0.15, -0.1) is 12.4 Å². The molecule has 2 rings (SSSR count). The first-order chi connectivity index (χ1) is 9.28. The quantitative estimate of drug-likeness (QED) is 0.842. The summed E-state index contributed by atoms with van der Waals surface area (Å²) in [7, 11) is 1.66. The average molecular weight is 299 g/mol. The third kappa shape index (κ3) is 5.39. The van der Waals surface area contributed by atoms with Gasteiger partial charge < -0.3 is 15.4 Å². The molecule has 1 unspecified atom stereocenters. The van der Waals surface area contributed by atoms with E-state index in [9.17, 15) is 4.79 Å². The van der Waals surface area contributed by atoms with E-state index in [2.05, 4.69) is 16.7 Å². The largest absolute Gasteiger partial charge is 0.497 e. The molecule has 0 radical (unpaired) electrons. The monoisotopic (exact) mass is 298 g/mol. The first-order valence-electron chi connectivity index (χ1n) is 6.88. The van der Waals surface area contributed by atoms with Crippen LogP contribution in [0, 0.1) is 5.92 Å². The Balaban J connectivity index is 0.00000200. The van der Waals surface area contributed by atoms with Crippen LogP contribution in [-0.4, -0.2) is 32.7 Å². The topological polar surface area (TPSA) is 50.4 Å². The Morgan fingerprint density at radius 3 is 3.05 bits per heavy atom. The molecule has 112 valence electrons. The molecule has 0 aliphatic carbocycles. The molecule has 1 aliphatic rings. The maximum absolute atomic E-state index is 11.7. The zero-order valence-electron chi connectivity index (χ0n) is 11.9. The van der Waals surface area contributed by atoms with Crippen molar-refractivity contribution >= 4 is 18.3 Å². The molecule has 0 spiro atoms. The predicted molar refractivity (Wildman–Crippen MR) is 82.5 cm³/mol. The molecule has 1 aromatic rings. The van der Waals surface area contributed by atoms with Crippen LogP contribution >= 0.6 is 12.4 Å². The Morgan fingerprint density at radius 1 is 1.50 bits per heavy atom. The lowest BCUT2D eigenvalue weighted by Crippen LogP contribution is -2.28. The van der Waals surface area contributed by atoms with Crippen molar-refractivity contribution in [2.75, 3.05) is 26.7 Å². The van der Waals surface area contributed by atoms with Gasteiger partial charge in [0.2, 0.25) is 5.91 Å². The molecule has 1 amide bonds. The van der Waals surface area contributed by atoms with Gasteiger partial charge in [0.15, 0.2) is 0 Å². The normalized spacial score (nSPS) is 17.4. The SMILES string of the molecule is COc1cccc(CCNC(=O)CC2CCNC2)c1.Cl. The maximum Gasteiger partial charge on any atom is 0.220 e. The van der Waals surface area contributed by atoms with Gasteiger partial charge in [-0.25, -0.2) is 0 Å². The van der Waals surface area contributed by atoms with Crippen LogP contribution in [0.15, 0.2) is 24.3 Å². The number of hydrogen-bond donors (Lipinski definition) is 2. The number of ether oxygens (including phenoxy) is 1. The van der Waals surface area contributed by atoms with Crippen LogP contribution in [0.3, 0.4) is 0 Å². The van der Waals surface area contributed by atoms with Gasteiger partial charge in [-0.2, -0.15) is 0 Å². The van der Waals surface area contributed by atoms with Gasteiger partial charge in [-0.1, -0.05) is 12.1 Å². The predicted octanol–water partition coefficient (Wildman–Crippen LogP) is 1.78. The molecule has 1 heterocycles. The van der Waals surface area contributed by atoms with Crippen molar-refractivity contribution in [3.05, 3.63) is 29.8 Å². The summed E-state index contributed by atoms with van der Waals surface area (Å²) in [6.07, 6.45) is 2.60. The van der Waals surface area contributed by atoms with Gasteiger partial charge in [-0.05, 0) is 49.5 Å². The molecule has 1 aromatic carbocycles. The van der Waals surface area contributed by atoms with E-state index in [0.29, 0.717) is 18.9 Å². The number of halogens is 1. The summed E-state index contributed by atoms with van der Waals surface area (Å²) < 4.78 is 5.18. The zero-order valence-corrected chi connectivity index (χ0v) is 12.7. The molecule has 4 nitrogen and oxygen atoms in total. The van der Waals surface area contributed by atoms with Crippen molar-refractivity contribution in [1.82, 2.24) is 10.6 Å². The van der Waals surface area contributed by atoms with E-state index in [1.807, 2.05) is 18.2 Å². The number of rotatable bonds is 6. The van der Waals surface area contributed by atoms with Crippen molar-refractivity contribution in [3.8, 4) is 5.75 Å². The smallest absolute Gasteiger partial charge is 0.220 e. The Morgan fingerprint density at radius 2 is 2.35 bits per heavy atom. The average Bonchev–Trinajstić information content (AvgIpc) is 2.92. The molecule has 20 heavy (non-hydrogen) atoms. The lowest BCUT2D eigenvalue weighted by molar-refractivity contribution is -0.121. The van der Waals surface area contributed by atoms with E-state index in [0.717, 1.165) is 31.7 Å². The van der Waals surface area contributed by atoms with Crippen LogP contribution in [0.1, 0.15) is 18.4 Å². The summed E-state index contributed by atoms with van der Waals surface area (Å²) in [4.78, 5) is 11.7. The third-order valence-corrected chi connectivity index (χ3v) is 3.51. The Bertz CT molecular complexity index is 420. The second-order valence-corrected chi connectivity index (χ2v) is 5.01.